The fourth-order valence-electron chi connectivity index (χ4n) is 1.28. The minimum absolute atomic E-state index is 0.0516. The summed E-state index contributed by atoms with van der Waals surface area (Å²) >= 11 is 5.71. The second kappa shape index (κ2) is 4.02. The lowest BCUT2D eigenvalue weighted by atomic mass is 10.1. The number of anilines is 1. The molecule has 0 spiro atoms. The maximum atomic E-state index is 13.7. The minimum Gasteiger partial charge on any atom is -0.497 e. The van der Waals surface area contributed by atoms with Gasteiger partial charge in [0.2, 0.25) is 0 Å². The molecule has 1 aromatic heterocycles. The number of nitrogen functional groups attached to an aromatic ring is 1. The number of hydrogen-bond donors (Lipinski definition) is 1. The van der Waals surface area contributed by atoms with Gasteiger partial charge in [-0.3, -0.25) is 0 Å². The molecule has 6 heteroatoms. The summed E-state index contributed by atoms with van der Waals surface area (Å²) in [7, 11) is 1.46. The molecule has 16 heavy (non-hydrogen) atoms. The molecule has 1 heterocycles. The van der Waals surface area contributed by atoms with Gasteiger partial charge in [-0.25, -0.2) is 4.39 Å². The highest BCUT2D eigenvalue weighted by Gasteiger charge is 2.15. The quantitative estimate of drug-likeness (QED) is 0.880. The van der Waals surface area contributed by atoms with E-state index in [0.29, 0.717) is 5.75 Å². The van der Waals surface area contributed by atoms with Crippen molar-refractivity contribution in [2.75, 3.05) is 12.8 Å². The van der Waals surface area contributed by atoms with Crippen LogP contribution < -0.4 is 10.5 Å². The van der Waals surface area contributed by atoms with Crippen LogP contribution in [-0.4, -0.2) is 12.3 Å². The fourth-order valence-corrected chi connectivity index (χ4v) is 1.49. The van der Waals surface area contributed by atoms with Crippen molar-refractivity contribution >= 4 is 17.4 Å². The summed E-state index contributed by atoms with van der Waals surface area (Å²) in [5.74, 6) is 0.208. The summed E-state index contributed by atoms with van der Waals surface area (Å²) in [6.07, 6.45) is 0. The van der Waals surface area contributed by atoms with Crippen LogP contribution in [0.4, 0.5) is 10.2 Å². The zero-order chi connectivity index (χ0) is 11.7. The number of rotatable bonds is 2. The van der Waals surface area contributed by atoms with E-state index >= 15 is 0 Å². The monoisotopic (exact) mass is 242 g/mol. The Bertz CT molecular complexity index is 528. The topological polar surface area (TPSA) is 61.3 Å². The van der Waals surface area contributed by atoms with Gasteiger partial charge in [-0.15, -0.1) is 0 Å². The van der Waals surface area contributed by atoms with Crippen LogP contribution in [0.2, 0.25) is 5.02 Å². The van der Waals surface area contributed by atoms with E-state index in [-0.39, 0.29) is 22.2 Å². The van der Waals surface area contributed by atoms with E-state index in [1.54, 1.807) is 0 Å². The van der Waals surface area contributed by atoms with Crippen LogP contribution in [0.1, 0.15) is 0 Å². The second-order valence-electron chi connectivity index (χ2n) is 3.09. The minimum atomic E-state index is -0.599. The van der Waals surface area contributed by atoms with E-state index in [0.717, 1.165) is 0 Å². The first-order valence-electron chi connectivity index (χ1n) is 4.37. The van der Waals surface area contributed by atoms with Crippen molar-refractivity contribution in [2.24, 2.45) is 0 Å². The summed E-state index contributed by atoms with van der Waals surface area (Å²) < 4.78 is 23.5. The van der Waals surface area contributed by atoms with Crippen molar-refractivity contribution in [3.05, 3.63) is 29.0 Å². The summed E-state index contributed by atoms with van der Waals surface area (Å²) in [5, 5.41) is 3.42. The molecule has 0 aliphatic carbocycles. The van der Waals surface area contributed by atoms with Gasteiger partial charge >= 0.3 is 0 Å². The number of methoxy groups -OCH3 is 1. The molecule has 0 saturated heterocycles. The molecule has 0 aliphatic rings. The molecular weight excluding hydrogens is 235 g/mol. The Labute approximate surface area is 95.7 Å². The van der Waals surface area contributed by atoms with Gasteiger partial charge in [-0.1, -0.05) is 16.8 Å². The molecule has 0 aliphatic heterocycles. The zero-order valence-corrected chi connectivity index (χ0v) is 9.08. The van der Waals surface area contributed by atoms with E-state index in [9.17, 15) is 4.39 Å². The highest BCUT2D eigenvalue weighted by molar-refractivity contribution is 6.31. The van der Waals surface area contributed by atoms with E-state index in [4.69, 9.17) is 26.6 Å². The predicted molar refractivity (Wildman–Crippen MR) is 57.9 cm³/mol. The van der Waals surface area contributed by atoms with Gasteiger partial charge < -0.3 is 15.0 Å². The van der Waals surface area contributed by atoms with E-state index < -0.39 is 5.82 Å². The molecule has 84 valence electrons. The number of hydrogen-bond acceptors (Lipinski definition) is 4. The second-order valence-corrected chi connectivity index (χ2v) is 3.49. The van der Waals surface area contributed by atoms with Gasteiger partial charge in [0.1, 0.15) is 5.75 Å². The van der Waals surface area contributed by atoms with Crippen molar-refractivity contribution < 1.29 is 13.7 Å². The standard InChI is InChI=1S/C10H8ClFN2O2/c1-15-5-2-6(10(12)7(11)3-5)8-4-9(13)14-16-8/h2-4H,1H3,(H2,13,14). The highest BCUT2D eigenvalue weighted by Crippen LogP contribution is 2.32. The van der Waals surface area contributed by atoms with Gasteiger partial charge in [0.15, 0.2) is 17.4 Å². The SMILES string of the molecule is COc1cc(Cl)c(F)c(-c2cc(N)no2)c1. The van der Waals surface area contributed by atoms with Gasteiger partial charge in [0.25, 0.3) is 0 Å². The van der Waals surface area contributed by atoms with Crippen molar-refractivity contribution in [3.63, 3.8) is 0 Å². The highest BCUT2D eigenvalue weighted by atomic mass is 35.5. The molecule has 0 radical (unpaired) electrons. The smallest absolute Gasteiger partial charge is 0.172 e. The summed E-state index contributed by atoms with van der Waals surface area (Å²) in [6.45, 7) is 0. The molecule has 0 bridgehead atoms. The third-order valence-corrected chi connectivity index (χ3v) is 2.31. The first kappa shape index (κ1) is 10.8. The molecule has 0 saturated carbocycles. The number of benzene rings is 1. The number of aromatic nitrogens is 1. The lowest BCUT2D eigenvalue weighted by Crippen LogP contribution is -1.89. The van der Waals surface area contributed by atoms with Crippen LogP contribution in [0.15, 0.2) is 22.7 Å². The van der Waals surface area contributed by atoms with Crippen LogP contribution in [0, 0.1) is 5.82 Å². The summed E-state index contributed by atoms with van der Waals surface area (Å²) in [6, 6.07) is 4.25. The normalized spacial score (nSPS) is 10.4. The first-order valence-corrected chi connectivity index (χ1v) is 4.75. The van der Waals surface area contributed by atoms with Crippen molar-refractivity contribution in [3.8, 4) is 17.1 Å². The maximum absolute atomic E-state index is 13.7. The van der Waals surface area contributed by atoms with Gasteiger partial charge in [0.05, 0.1) is 17.7 Å². The lowest BCUT2D eigenvalue weighted by Gasteiger charge is -2.05. The van der Waals surface area contributed by atoms with Crippen molar-refractivity contribution in [1.29, 1.82) is 0 Å². The van der Waals surface area contributed by atoms with Crippen LogP contribution in [-0.2, 0) is 0 Å². The Morgan fingerprint density at radius 2 is 2.19 bits per heavy atom. The first-order chi connectivity index (χ1) is 7.61. The molecule has 1 aromatic carbocycles. The Morgan fingerprint density at radius 3 is 2.75 bits per heavy atom. The van der Waals surface area contributed by atoms with E-state index in [2.05, 4.69) is 5.16 Å². The Balaban J connectivity index is 2.59. The Kier molecular flexibility index (Phi) is 2.70. The molecule has 0 amide bonds. The number of nitrogens with zero attached hydrogens (tertiary/aromatic N) is 1. The Morgan fingerprint density at radius 1 is 1.44 bits per heavy atom. The Hall–Kier alpha value is -1.75. The molecule has 0 atom stereocenters. The fraction of sp³-hybridized carbons (Fsp3) is 0.100. The molecule has 2 rings (SSSR count). The molecular formula is C10H8ClFN2O2. The van der Waals surface area contributed by atoms with E-state index in [1.807, 2.05) is 0 Å². The zero-order valence-electron chi connectivity index (χ0n) is 8.33. The molecule has 0 fully saturated rings. The lowest BCUT2D eigenvalue weighted by molar-refractivity contribution is 0.411. The molecule has 0 unspecified atom stereocenters. The predicted octanol–water partition coefficient (Wildman–Crippen LogP) is 2.72. The van der Waals surface area contributed by atoms with Crippen molar-refractivity contribution in [1.82, 2.24) is 5.16 Å². The molecule has 4 nitrogen and oxygen atoms in total. The number of nitrogens with two attached hydrogens (primary N) is 1. The van der Waals surface area contributed by atoms with Crippen LogP contribution in [0.5, 0.6) is 5.75 Å². The van der Waals surface area contributed by atoms with Crippen LogP contribution in [0.3, 0.4) is 0 Å². The van der Waals surface area contributed by atoms with Gasteiger partial charge in [-0.05, 0) is 6.07 Å². The third-order valence-electron chi connectivity index (χ3n) is 2.03. The molecule has 2 aromatic rings. The average molecular weight is 243 g/mol. The summed E-state index contributed by atoms with van der Waals surface area (Å²) in [4.78, 5) is 0. The average Bonchev–Trinajstić information content (AvgIpc) is 2.68. The van der Waals surface area contributed by atoms with E-state index in [1.165, 1.54) is 25.3 Å². The van der Waals surface area contributed by atoms with Gasteiger partial charge in [0, 0.05) is 12.1 Å². The van der Waals surface area contributed by atoms with Crippen LogP contribution in [0.25, 0.3) is 11.3 Å². The summed E-state index contributed by atoms with van der Waals surface area (Å²) in [5.41, 5.74) is 5.54. The van der Waals surface area contributed by atoms with Crippen LogP contribution >= 0.6 is 11.6 Å². The number of halogens is 2. The third kappa shape index (κ3) is 1.81. The van der Waals surface area contributed by atoms with Crippen molar-refractivity contribution in [2.45, 2.75) is 0 Å². The maximum Gasteiger partial charge on any atom is 0.172 e. The molecule has 2 N–H and O–H groups in total. The largest absolute Gasteiger partial charge is 0.497 e. The van der Waals surface area contributed by atoms with Gasteiger partial charge in [-0.2, -0.15) is 0 Å². The number of ether oxygens (including phenoxy) is 1.